The van der Waals surface area contributed by atoms with Gasteiger partial charge in [0.25, 0.3) is 0 Å². The number of amides is 2. The van der Waals surface area contributed by atoms with E-state index in [2.05, 4.69) is 24.5 Å². The molecule has 0 atom stereocenters. The van der Waals surface area contributed by atoms with E-state index in [1.807, 2.05) is 54.6 Å². The summed E-state index contributed by atoms with van der Waals surface area (Å²) in [6.45, 7) is 4.82. The molecule has 2 rings (SSSR count). The van der Waals surface area contributed by atoms with Crippen molar-refractivity contribution in [2.75, 3.05) is 5.32 Å². The Morgan fingerprint density at radius 2 is 1.65 bits per heavy atom. The van der Waals surface area contributed by atoms with E-state index in [0.29, 0.717) is 12.5 Å². The summed E-state index contributed by atoms with van der Waals surface area (Å²) in [5, 5.41) is 5.66. The molecule has 0 bridgehead atoms. The number of rotatable bonds is 4. The maximum atomic E-state index is 11.8. The summed E-state index contributed by atoms with van der Waals surface area (Å²) < 4.78 is 0. The Kier molecular flexibility index (Phi) is 4.77. The van der Waals surface area contributed by atoms with Crippen molar-refractivity contribution in [2.45, 2.75) is 26.3 Å². The molecule has 20 heavy (non-hydrogen) atoms. The Balaban J connectivity index is 1.85. The Morgan fingerprint density at radius 3 is 2.25 bits per heavy atom. The summed E-state index contributed by atoms with van der Waals surface area (Å²) in [4.78, 5) is 11.8. The molecule has 0 aliphatic rings. The fraction of sp³-hybridized carbons (Fsp3) is 0.235. The number of carbonyl (C=O) groups is 1. The molecule has 2 aromatic carbocycles. The molecule has 0 aliphatic carbocycles. The first-order valence-corrected chi connectivity index (χ1v) is 6.84. The molecular weight excluding hydrogens is 248 g/mol. The molecule has 0 aromatic heterocycles. The summed E-state index contributed by atoms with van der Waals surface area (Å²) in [6, 6.07) is 17.6. The molecule has 0 saturated carbocycles. The van der Waals surface area contributed by atoms with E-state index >= 15 is 0 Å². The second-order valence-electron chi connectivity index (χ2n) is 5.07. The van der Waals surface area contributed by atoms with E-state index in [-0.39, 0.29) is 6.03 Å². The van der Waals surface area contributed by atoms with Crippen LogP contribution in [0.25, 0.3) is 0 Å². The highest BCUT2D eigenvalue weighted by Crippen LogP contribution is 2.16. The van der Waals surface area contributed by atoms with Crippen LogP contribution in [-0.4, -0.2) is 6.03 Å². The summed E-state index contributed by atoms with van der Waals surface area (Å²) in [6.07, 6.45) is 0. The van der Waals surface area contributed by atoms with E-state index in [0.717, 1.165) is 11.3 Å². The summed E-state index contributed by atoms with van der Waals surface area (Å²) in [7, 11) is 0. The Hall–Kier alpha value is -2.29. The SMILES string of the molecule is CC(C)c1ccc(NC(=O)NCc2ccccc2)cc1. The van der Waals surface area contributed by atoms with Crippen molar-refractivity contribution in [2.24, 2.45) is 0 Å². The molecule has 3 heteroatoms. The number of carbonyl (C=O) groups excluding carboxylic acids is 1. The average Bonchev–Trinajstić information content (AvgIpc) is 2.47. The monoisotopic (exact) mass is 268 g/mol. The Bertz CT molecular complexity index is 547. The zero-order chi connectivity index (χ0) is 14.4. The molecule has 104 valence electrons. The fourth-order valence-corrected chi connectivity index (χ4v) is 1.90. The lowest BCUT2D eigenvalue weighted by molar-refractivity contribution is 0.251. The number of benzene rings is 2. The van der Waals surface area contributed by atoms with Gasteiger partial charge in [-0.3, -0.25) is 0 Å². The van der Waals surface area contributed by atoms with Crippen LogP contribution in [0.1, 0.15) is 30.9 Å². The molecule has 2 aromatic rings. The number of nitrogens with one attached hydrogen (secondary N) is 2. The minimum atomic E-state index is -0.189. The van der Waals surface area contributed by atoms with Gasteiger partial charge in [-0.1, -0.05) is 56.3 Å². The molecule has 0 saturated heterocycles. The van der Waals surface area contributed by atoms with E-state index in [1.54, 1.807) is 0 Å². The van der Waals surface area contributed by atoms with Crippen LogP contribution in [0.4, 0.5) is 10.5 Å². The van der Waals surface area contributed by atoms with Crippen molar-refractivity contribution >= 4 is 11.7 Å². The average molecular weight is 268 g/mol. The van der Waals surface area contributed by atoms with E-state index in [1.165, 1.54) is 5.56 Å². The van der Waals surface area contributed by atoms with Gasteiger partial charge in [-0.05, 0) is 29.2 Å². The van der Waals surface area contributed by atoms with Gasteiger partial charge < -0.3 is 10.6 Å². The molecule has 0 fully saturated rings. The van der Waals surface area contributed by atoms with E-state index in [9.17, 15) is 4.79 Å². The van der Waals surface area contributed by atoms with Gasteiger partial charge in [0.15, 0.2) is 0 Å². The van der Waals surface area contributed by atoms with Crippen LogP contribution in [-0.2, 0) is 6.54 Å². The third-order valence-electron chi connectivity index (χ3n) is 3.13. The van der Waals surface area contributed by atoms with Crippen molar-refractivity contribution in [1.82, 2.24) is 5.32 Å². The third kappa shape index (κ3) is 4.12. The van der Waals surface area contributed by atoms with Gasteiger partial charge in [-0.25, -0.2) is 4.79 Å². The third-order valence-corrected chi connectivity index (χ3v) is 3.13. The van der Waals surface area contributed by atoms with Crippen LogP contribution in [0.3, 0.4) is 0 Å². The van der Waals surface area contributed by atoms with Gasteiger partial charge in [0.05, 0.1) is 0 Å². The molecule has 0 aliphatic heterocycles. The molecular formula is C17H20N2O. The zero-order valence-corrected chi connectivity index (χ0v) is 11.9. The van der Waals surface area contributed by atoms with Gasteiger partial charge in [-0.2, -0.15) is 0 Å². The minimum Gasteiger partial charge on any atom is -0.334 e. The Morgan fingerprint density at radius 1 is 1.00 bits per heavy atom. The second-order valence-corrected chi connectivity index (χ2v) is 5.07. The van der Waals surface area contributed by atoms with Crippen molar-refractivity contribution in [1.29, 1.82) is 0 Å². The maximum Gasteiger partial charge on any atom is 0.319 e. The lowest BCUT2D eigenvalue weighted by atomic mass is 10.0. The van der Waals surface area contributed by atoms with Gasteiger partial charge in [0.2, 0.25) is 0 Å². The topological polar surface area (TPSA) is 41.1 Å². The number of hydrogen-bond acceptors (Lipinski definition) is 1. The normalized spacial score (nSPS) is 10.3. The van der Waals surface area contributed by atoms with Crippen molar-refractivity contribution in [3.8, 4) is 0 Å². The highest BCUT2D eigenvalue weighted by atomic mass is 16.2. The molecule has 0 heterocycles. The molecule has 2 N–H and O–H groups in total. The molecule has 0 spiro atoms. The van der Waals surface area contributed by atoms with Gasteiger partial charge in [0, 0.05) is 12.2 Å². The number of anilines is 1. The minimum absolute atomic E-state index is 0.189. The fourth-order valence-electron chi connectivity index (χ4n) is 1.90. The highest BCUT2D eigenvalue weighted by molar-refractivity contribution is 5.89. The number of urea groups is 1. The zero-order valence-electron chi connectivity index (χ0n) is 11.9. The molecule has 0 unspecified atom stereocenters. The van der Waals surface area contributed by atoms with Crippen molar-refractivity contribution in [3.63, 3.8) is 0 Å². The first kappa shape index (κ1) is 14.1. The molecule has 0 radical (unpaired) electrons. The van der Waals surface area contributed by atoms with Gasteiger partial charge >= 0.3 is 6.03 Å². The smallest absolute Gasteiger partial charge is 0.319 e. The summed E-state index contributed by atoms with van der Waals surface area (Å²) >= 11 is 0. The maximum absolute atomic E-state index is 11.8. The van der Waals surface area contributed by atoms with Crippen LogP contribution >= 0.6 is 0 Å². The predicted octanol–water partition coefficient (Wildman–Crippen LogP) is 4.13. The lowest BCUT2D eigenvalue weighted by Gasteiger charge is -2.09. The summed E-state index contributed by atoms with van der Waals surface area (Å²) in [5.41, 5.74) is 3.15. The first-order valence-electron chi connectivity index (χ1n) is 6.84. The van der Waals surface area contributed by atoms with Crippen LogP contribution in [0.5, 0.6) is 0 Å². The Labute approximate surface area is 120 Å². The molecule has 3 nitrogen and oxygen atoms in total. The largest absolute Gasteiger partial charge is 0.334 e. The predicted molar refractivity (Wildman–Crippen MR) is 82.8 cm³/mol. The lowest BCUT2D eigenvalue weighted by Crippen LogP contribution is -2.28. The highest BCUT2D eigenvalue weighted by Gasteiger charge is 2.03. The number of hydrogen-bond donors (Lipinski definition) is 2. The van der Waals surface area contributed by atoms with Crippen LogP contribution in [0.2, 0.25) is 0 Å². The van der Waals surface area contributed by atoms with Gasteiger partial charge in [0.1, 0.15) is 0 Å². The first-order chi connectivity index (χ1) is 9.65. The standard InChI is InChI=1S/C17H20N2O/c1-13(2)15-8-10-16(11-9-15)19-17(20)18-12-14-6-4-3-5-7-14/h3-11,13H,12H2,1-2H3,(H2,18,19,20). The van der Waals surface area contributed by atoms with Crippen LogP contribution < -0.4 is 10.6 Å². The van der Waals surface area contributed by atoms with Crippen LogP contribution in [0, 0.1) is 0 Å². The quantitative estimate of drug-likeness (QED) is 0.860. The molecule has 2 amide bonds. The van der Waals surface area contributed by atoms with Gasteiger partial charge in [-0.15, -0.1) is 0 Å². The van der Waals surface area contributed by atoms with Crippen molar-refractivity contribution in [3.05, 3.63) is 65.7 Å². The summed E-state index contributed by atoms with van der Waals surface area (Å²) in [5.74, 6) is 0.496. The van der Waals surface area contributed by atoms with Crippen LogP contribution in [0.15, 0.2) is 54.6 Å². The van der Waals surface area contributed by atoms with E-state index in [4.69, 9.17) is 0 Å². The van der Waals surface area contributed by atoms with E-state index < -0.39 is 0 Å². The van der Waals surface area contributed by atoms with Crippen molar-refractivity contribution < 1.29 is 4.79 Å². The second kappa shape index (κ2) is 6.75.